The zero-order chi connectivity index (χ0) is 12.1. The van der Waals surface area contributed by atoms with E-state index in [4.69, 9.17) is 10.8 Å². The van der Waals surface area contributed by atoms with Crippen molar-refractivity contribution in [2.24, 2.45) is 5.73 Å². The van der Waals surface area contributed by atoms with Crippen molar-refractivity contribution < 1.29 is 14.7 Å². The van der Waals surface area contributed by atoms with Crippen molar-refractivity contribution in [2.75, 3.05) is 0 Å². The molecule has 0 fully saturated rings. The number of nitrogens with two attached hydrogens (primary N) is 1. The monoisotopic (exact) mass is 216 g/mol. The van der Waals surface area contributed by atoms with E-state index in [-0.39, 0.29) is 12.3 Å². The van der Waals surface area contributed by atoms with Crippen LogP contribution in [0.3, 0.4) is 0 Å². The summed E-state index contributed by atoms with van der Waals surface area (Å²) >= 11 is 0. The minimum atomic E-state index is -0.932. The Morgan fingerprint density at radius 2 is 1.87 bits per heavy atom. The third-order valence-corrected chi connectivity index (χ3v) is 2.57. The van der Waals surface area contributed by atoms with Crippen LogP contribution in [-0.2, 0) is 9.59 Å². The fourth-order valence-corrected chi connectivity index (χ4v) is 1.25. The maximum absolute atomic E-state index is 11.7. The Bertz CT molecular complexity index is 237. The van der Waals surface area contributed by atoms with Crippen molar-refractivity contribution >= 4 is 11.9 Å². The summed E-state index contributed by atoms with van der Waals surface area (Å²) in [6.07, 6.45) is 0.986. The number of carbonyl (C=O) groups excluding carboxylic acids is 1. The Morgan fingerprint density at radius 1 is 1.40 bits per heavy atom. The van der Waals surface area contributed by atoms with Gasteiger partial charge in [0, 0.05) is 6.04 Å². The number of hydrogen-bond donors (Lipinski definition) is 3. The SMILES string of the molecule is CCC(N)(CC)C(=O)NC(C)CC(=O)O. The van der Waals surface area contributed by atoms with Crippen LogP contribution in [0.4, 0.5) is 0 Å². The van der Waals surface area contributed by atoms with Gasteiger partial charge in [-0.1, -0.05) is 13.8 Å². The van der Waals surface area contributed by atoms with Crippen LogP contribution in [0, 0.1) is 0 Å². The van der Waals surface area contributed by atoms with E-state index in [9.17, 15) is 9.59 Å². The average molecular weight is 216 g/mol. The molecular formula is C10H20N2O3. The molecule has 0 aliphatic heterocycles. The maximum Gasteiger partial charge on any atom is 0.305 e. The van der Waals surface area contributed by atoms with Crippen LogP contribution < -0.4 is 11.1 Å². The molecule has 0 aromatic carbocycles. The van der Waals surface area contributed by atoms with E-state index in [2.05, 4.69) is 5.32 Å². The number of nitrogens with one attached hydrogen (secondary N) is 1. The second-order valence-electron chi connectivity index (χ2n) is 3.84. The summed E-state index contributed by atoms with van der Waals surface area (Å²) in [7, 11) is 0. The summed E-state index contributed by atoms with van der Waals surface area (Å²) in [5, 5.41) is 11.1. The fraction of sp³-hybridized carbons (Fsp3) is 0.800. The van der Waals surface area contributed by atoms with Gasteiger partial charge in [0.25, 0.3) is 0 Å². The molecule has 0 heterocycles. The molecule has 0 bridgehead atoms. The quantitative estimate of drug-likeness (QED) is 0.602. The molecule has 4 N–H and O–H groups in total. The Labute approximate surface area is 90.0 Å². The van der Waals surface area contributed by atoms with E-state index in [1.54, 1.807) is 6.92 Å². The molecule has 0 aliphatic rings. The Hall–Kier alpha value is -1.10. The molecule has 0 radical (unpaired) electrons. The minimum Gasteiger partial charge on any atom is -0.481 e. The molecule has 15 heavy (non-hydrogen) atoms. The van der Waals surface area contributed by atoms with Gasteiger partial charge in [-0.05, 0) is 19.8 Å². The highest BCUT2D eigenvalue weighted by molar-refractivity contribution is 5.86. The lowest BCUT2D eigenvalue weighted by Crippen LogP contribution is -2.55. The number of amides is 1. The zero-order valence-corrected chi connectivity index (χ0v) is 9.54. The number of rotatable bonds is 6. The maximum atomic E-state index is 11.7. The van der Waals surface area contributed by atoms with Crippen LogP contribution in [0.15, 0.2) is 0 Å². The first-order valence-corrected chi connectivity index (χ1v) is 5.17. The van der Waals surface area contributed by atoms with Crippen LogP contribution >= 0.6 is 0 Å². The fourth-order valence-electron chi connectivity index (χ4n) is 1.25. The summed E-state index contributed by atoms with van der Waals surface area (Å²) < 4.78 is 0. The van der Waals surface area contributed by atoms with Crippen LogP contribution in [0.5, 0.6) is 0 Å². The molecule has 1 atom stereocenters. The molecule has 0 aliphatic carbocycles. The molecule has 0 aromatic rings. The summed E-state index contributed by atoms with van der Waals surface area (Å²) in [6.45, 7) is 5.33. The third-order valence-electron chi connectivity index (χ3n) is 2.57. The molecule has 0 rings (SSSR count). The molecule has 5 heteroatoms. The molecule has 0 saturated carbocycles. The van der Waals surface area contributed by atoms with Crippen molar-refractivity contribution in [3.05, 3.63) is 0 Å². The molecule has 88 valence electrons. The first kappa shape index (κ1) is 13.9. The van der Waals surface area contributed by atoms with Gasteiger partial charge < -0.3 is 16.2 Å². The van der Waals surface area contributed by atoms with Crippen LogP contribution in [0.2, 0.25) is 0 Å². The molecule has 1 unspecified atom stereocenters. The van der Waals surface area contributed by atoms with E-state index in [1.165, 1.54) is 0 Å². The summed E-state index contributed by atoms with van der Waals surface area (Å²) in [4.78, 5) is 22.1. The lowest BCUT2D eigenvalue weighted by atomic mass is 9.93. The Balaban J connectivity index is 4.28. The van der Waals surface area contributed by atoms with Crippen molar-refractivity contribution in [1.29, 1.82) is 0 Å². The number of hydrogen-bond acceptors (Lipinski definition) is 3. The van der Waals surface area contributed by atoms with Gasteiger partial charge >= 0.3 is 5.97 Å². The first-order chi connectivity index (χ1) is 6.85. The lowest BCUT2D eigenvalue weighted by molar-refractivity contribution is -0.137. The third kappa shape index (κ3) is 4.29. The molecule has 5 nitrogen and oxygen atoms in total. The topological polar surface area (TPSA) is 92.4 Å². The normalized spacial score (nSPS) is 13.3. The number of carbonyl (C=O) groups is 2. The van der Waals surface area contributed by atoms with E-state index in [0.717, 1.165) is 0 Å². The number of aliphatic carboxylic acids is 1. The van der Waals surface area contributed by atoms with Gasteiger partial charge in [-0.2, -0.15) is 0 Å². The van der Waals surface area contributed by atoms with Crippen LogP contribution in [-0.4, -0.2) is 28.6 Å². The summed E-state index contributed by atoms with van der Waals surface area (Å²) in [6, 6.07) is -0.393. The second kappa shape index (κ2) is 5.70. The van der Waals surface area contributed by atoms with Crippen molar-refractivity contribution in [2.45, 2.75) is 51.6 Å². The number of carboxylic acids is 1. The van der Waals surface area contributed by atoms with E-state index in [1.807, 2.05) is 13.8 Å². The van der Waals surface area contributed by atoms with Crippen LogP contribution in [0.25, 0.3) is 0 Å². The van der Waals surface area contributed by atoms with Gasteiger partial charge in [0.05, 0.1) is 12.0 Å². The van der Waals surface area contributed by atoms with Crippen molar-refractivity contribution in [1.82, 2.24) is 5.32 Å². The molecule has 0 aromatic heterocycles. The van der Waals surface area contributed by atoms with Crippen molar-refractivity contribution in [3.63, 3.8) is 0 Å². The predicted molar refractivity (Wildman–Crippen MR) is 57.4 cm³/mol. The average Bonchev–Trinajstić information content (AvgIpc) is 2.15. The van der Waals surface area contributed by atoms with Crippen LogP contribution in [0.1, 0.15) is 40.0 Å². The predicted octanol–water partition coefficient (Wildman–Crippen LogP) is 0.483. The van der Waals surface area contributed by atoms with E-state index >= 15 is 0 Å². The molecular weight excluding hydrogens is 196 g/mol. The van der Waals surface area contributed by atoms with Gasteiger partial charge in [-0.3, -0.25) is 9.59 Å². The highest BCUT2D eigenvalue weighted by Gasteiger charge is 2.30. The lowest BCUT2D eigenvalue weighted by Gasteiger charge is -2.27. The highest BCUT2D eigenvalue weighted by atomic mass is 16.4. The largest absolute Gasteiger partial charge is 0.481 e. The highest BCUT2D eigenvalue weighted by Crippen LogP contribution is 2.11. The van der Waals surface area contributed by atoms with Gasteiger partial charge in [0.1, 0.15) is 0 Å². The zero-order valence-electron chi connectivity index (χ0n) is 9.54. The van der Waals surface area contributed by atoms with Gasteiger partial charge in [0.2, 0.25) is 5.91 Å². The first-order valence-electron chi connectivity index (χ1n) is 5.17. The standard InChI is InChI=1S/C10H20N2O3/c1-4-10(11,5-2)9(15)12-7(3)6-8(13)14/h7H,4-6,11H2,1-3H3,(H,12,15)(H,13,14). The minimum absolute atomic E-state index is 0.0880. The van der Waals surface area contributed by atoms with E-state index in [0.29, 0.717) is 12.8 Å². The Morgan fingerprint density at radius 3 is 2.20 bits per heavy atom. The Kier molecular flexibility index (Phi) is 5.28. The smallest absolute Gasteiger partial charge is 0.305 e. The molecule has 0 saturated heterocycles. The van der Waals surface area contributed by atoms with Gasteiger partial charge in [0.15, 0.2) is 0 Å². The number of carboxylic acid groups (broad SMARTS) is 1. The van der Waals surface area contributed by atoms with E-state index < -0.39 is 17.6 Å². The molecule has 0 spiro atoms. The molecule has 1 amide bonds. The van der Waals surface area contributed by atoms with Crippen molar-refractivity contribution in [3.8, 4) is 0 Å². The second-order valence-corrected chi connectivity index (χ2v) is 3.84. The summed E-state index contributed by atoms with van der Waals surface area (Å²) in [5.41, 5.74) is 4.98. The van der Waals surface area contributed by atoms with Gasteiger partial charge in [-0.25, -0.2) is 0 Å². The van der Waals surface area contributed by atoms with Gasteiger partial charge in [-0.15, -0.1) is 0 Å². The summed E-state index contributed by atoms with van der Waals surface area (Å²) in [5.74, 6) is -1.21.